The summed E-state index contributed by atoms with van der Waals surface area (Å²) in [5.41, 5.74) is 0.621. The van der Waals surface area contributed by atoms with Gasteiger partial charge in [-0.3, -0.25) is 4.98 Å². The molecule has 1 heterocycles. The SMILES string of the molecule is CC(NCC(O)C(C)(C)C)c1ccc(F)cn1. The second-order valence-electron chi connectivity index (χ2n) is 5.41. The summed E-state index contributed by atoms with van der Waals surface area (Å²) in [5, 5.41) is 13.1. The van der Waals surface area contributed by atoms with Gasteiger partial charge >= 0.3 is 0 Å². The van der Waals surface area contributed by atoms with Crippen molar-refractivity contribution in [2.24, 2.45) is 5.41 Å². The summed E-state index contributed by atoms with van der Waals surface area (Å²) in [6, 6.07) is 3.03. The van der Waals surface area contributed by atoms with Gasteiger partial charge in [0.05, 0.1) is 18.0 Å². The number of pyridine rings is 1. The molecule has 0 aliphatic heterocycles. The number of aliphatic hydroxyl groups is 1. The lowest BCUT2D eigenvalue weighted by atomic mass is 9.89. The molecule has 0 amide bonds. The van der Waals surface area contributed by atoms with Gasteiger partial charge in [0, 0.05) is 12.6 Å². The zero-order valence-electron chi connectivity index (χ0n) is 10.9. The average Bonchev–Trinajstić information content (AvgIpc) is 2.25. The van der Waals surface area contributed by atoms with Gasteiger partial charge in [0.1, 0.15) is 5.82 Å². The summed E-state index contributed by atoms with van der Waals surface area (Å²) in [4.78, 5) is 4.00. The minimum absolute atomic E-state index is 0.00685. The molecule has 2 N–H and O–H groups in total. The number of aliphatic hydroxyl groups excluding tert-OH is 1. The quantitative estimate of drug-likeness (QED) is 0.848. The number of hydrogen-bond acceptors (Lipinski definition) is 3. The number of nitrogens with zero attached hydrogens (tertiary/aromatic N) is 1. The second kappa shape index (κ2) is 5.56. The number of rotatable bonds is 4. The topological polar surface area (TPSA) is 45.1 Å². The molecule has 3 nitrogen and oxygen atoms in total. The lowest BCUT2D eigenvalue weighted by molar-refractivity contribution is 0.0608. The molecule has 0 spiro atoms. The van der Waals surface area contributed by atoms with Gasteiger partial charge in [-0.2, -0.15) is 0 Å². The Kier molecular flexibility index (Phi) is 4.60. The summed E-state index contributed by atoms with van der Waals surface area (Å²) < 4.78 is 12.7. The van der Waals surface area contributed by atoms with Crippen molar-refractivity contribution >= 4 is 0 Å². The summed E-state index contributed by atoms with van der Waals surface area (Å²) in [7, 11) is 0. The zero-order valence-corrected chi connectivity index (χ0v) is 10.9. The van der Waals surface area contributed by atoms with E-state index >= 15 is 0 Å². The molecule has 0 fully saturated rings. The Morgan fingerprint density at radius 1 is 1.41 bits per heavy atom. The molecule has 1 rings (SSSR count). The maximum Gasteiger partial charge on any atom is 0.141 e. The van der Waals surface area contributed by atoms with Crippen LogP contribution in [-0.4, -0.2) is 22.7 Å². The standard InChI is InChI=1S/C13H21FN2O/c1-9(11-6-5-10(14)7-16-11)15-8-12(17)13(2,3)4/h5-7,9,12,15,17H,8H2,1-4H3. The first kappa shape index (κ1) is 14.1. The summed E-state index contributed by atoms with van der Waals surface area (Å²) in [6.07, 6.45) is 0.777. The first-order valence-electron chi connectivity index (χ1n) is 5.83. The van der Waals surface area contributed by atoms with E-state index in [0.717, 1.165) is 5.69 Å². The van der Waals surface area contributed by atoms with Crippen LogP contribution in [0.1, 0.15) is 39.4 Å². The van der Waals surface area contributed by atoms with Crippen LogP contribution in [0.25, 0.3) is 0 Å². The van der Waals surface area contributed by atoms with Crippen LogP contribution in [0.3, 0.4) is 0 Å². The Balaban J connectivity index is 2.50. The number of nitrogens with one attached hydrogen (secondary N) is 1. The molecule has 17 heavy (non-hydrogen) atoms. The van der Waals surface area contributed by atoms with E-state index in [1.54, 1.807) is 6.07 Å². The van der Waals surface area contributed by atoms with E-state index in [-0.39, 0.29) is 17.3 Å². The largest absolute Gasteiger partial charge is 0.391 e. The van der Waals surface area contributed by atoms with E-state index in [1.807, 2.05) is 27.7 Å². The highest BCUT2D eigenvalue weighted by Crippen LogP contribution is 2.19. The van der Waals surface area contributed by atoms with Crippen molar-refractivity contribution in [3.63, 3.8) is 0 Å². The van der Waals surface area contributed by atoms with E-state index in [0.29, 0.717) is 6.54 Å². The van der Waals surface area contributed by atoms with Crippen molar-refractivity contribution in [2.75, 3.05) is 6.54 Å². The fourth-order valence-electron chi connectivity index (χ4n) is 1.34. The molecule has 1 aromatic rings. The molecule has 1 aromatic heterocycles. The van der Waals surface area contributed by atoms with Gasteiger partial charge < -0.3 is 10.4 Å². The van der Waals surface area contributed by atoms with Crippen molar-refractivity contribution < 1.29 is 9.50 Å². The highest BCUT2D eigenvalue weighted by atomic mass is 19.1. The Bertz CT molecular complexity index is 345. The van der Waals surface area contributed by atoms with E-state index in [1.165, 1.54) is 12.3 Å². The van der Waals surface area contributed by atoms with E-state index < -0.39 is 6.10 Å². The van der Waals surface area contributed by atoms with Gasteiger partial charge in [-0.15, -0.1) is 0 Å². The summed E-state index contributed by atoms with van der Waals surface area (Å²) in [5.74, 6) is -0.337. The maximum atomic E-state index is 12.7. The van der Waals surface area contributed by atoms with Crippen LogP contribution >= 0.6 is 0 Å². The smallest absolute Gasteiger partial charge is 0.141 e. The van der Waals surface area contributed by atoms with Crippen LogP contribution in [-0.2, 0) is 0 Å². The lowest BCUT2D eigenvalue weighted by Gasteiger charge is -2.27. The predicted octanol–water partition coefficient (Wildman–Crippen LogP) is 2.28. The summed E-state index contributed by atoms with van der Waals surface area (Å²) in [6.45, 7) is 8.39. The molecular formula is C13H21FN2O. The molecule has 2 unspecified atom stereocenters. The van der Waals surface area contributed by atoms with Gasteiger partial charge in [-0.1, -0.05) is 20.8 Å². The third-order valence-electron chi connectivity index (χ3n) is 2.81. The highest BCUT2D eigenvalue weighted by molar-refractivity contribution is 5.09. The minimum Gasteiger partial charge on any atom is -0.391 e. The van der Waals surface area contributed by atoms with Crippen molar-refractivity contribution in [1.82, 2.24) is 10.3 Å². The Hall–Kier alpha value is -1.00. The van der Waals surface area contributed by atoms with E-state index in [4.69, 9.17) is 0 Å². The molecule has 0 bridgehead atoms. The van der Waals surface area contributed by atoms with Crippen LogP contribution in [0, 0.1) is 11.2 Å². The first-order valence-corrected chi connectivity index (χ1v) is 5.83. The Labute approximate surface area is 102 Å². The fraction of sp³-hybridized carbons (Fsp3) is 0.615. The summed E-state index contributed by atoms with van der Waals surface area (Å²) >= 11 is 0. The molecular weight excluding hydrogens is 219 g/mol. The van der Waals surface area contributed by atoms with Crippen molar-refractivity contribution in [2.45, 2.75) is 39.8 Å². The fourth-order valence-corrected chi connectivity index (χ4v) is 1.34. The third-order valence-corrected chi connectivity index (χ3v) is 2.81. The molecule has 0 aliphatic rings. The third kappa shape index (κ3) is 4.40. The maximum absolute atomic E-state index is 12.7. The number of hydrogen-bond donors (Lipinski definition) is 2. The zero-order chi connectivity index (χ0) is 13.1. The second-order valence-corrected chi connectivity index (χ2v) is 5.41. The van der Waals surface area contributed by atoms with Crippen molar-refractivity contribution in [3.05, 3.63) is 29.8 Å². The van der Waals surface area contributed by atoms with Crippen molar-refractivity contribution in [1.29, 1.82) is 0 Å². The van der Waals surface area contributed by atoms with Crippen LogP contribution in [0.5, 0.6) is 0 Å². The normalized spacial score (nSPS) is 15.6. The lowest BCUT2D eigenvalue weighted by Crippen LogP contribution is -2.37. The minimum atomic E-state index is -0.426. The van der Waals surface area contributed by atoms with Gasteiger partial charge in [0.15, 0.2) is 0 Å². The monoisotopic (exact) mass is 240 g/mol. The highest BCUT2D eigenvalue weighted by Gasteiger charge is 2.22. The van der Waals surface area contributed by atoms with Crippen LogP contribution in [0.4, 0.5) is 4.39 Å². The van der Waals surface area contributed by atoms with Crippen molar-refractivity contribution in [3.8, 4) is 0 Å². The van der Waals surface area contributed by atoms with E-state index in [9.17, 15) is 9.50 Å². The molecule has 0 aliphatic carbocycles. The molecule has 96 valence electrons. The molecule has 2 atom stereocenters. The van der Waals surface area contributed by atoms with Gasteiger partial charge in [0.2, 0.25) is 0 Å². The molecule has 0 saturated carbocycles. The van der Waals surface area contributed by atoms with Gasteiger partial charge in [0.25, 0.3) is 0 Å². The van der Waals surface area contributed by atoms with E-state index in [2.05, 4.69) is 10.3 Å². The van der Waals surface area contributed by atoms with Gasteiger partial charge in [-0.05, 0) is 24.5 Å². The Morgan fingerprint density at radius 2 is 2.06 bits per heavy atom. The van der Waals surface area contributed by atoms with Gasteiger partial charge in [-0.25, -0.2) is 4.39 Å². The first-order chi connectivity index (χ1) is 7.80. The number of halogens is 1. The Morgan fingerprint density at radius 3 is 2.53 bits per heavy atom. The van der Waals surface area contributed by atoms with Crippen LogP contribution in [0.2, 0.25) is 0 Å². The molecule has 0 radical (unpaired) electrons. The number of aromatic nitrogens is 1. The molecule has 0 saturated heterocycles. The average molecular weight is 240 g/mol. The van der Waals surface area contributed by atoms with Crippen LogP contribution in [0.15, 0.2) is 18.3 Å². The predicted molar refractivity (Wildman–Crippen MR) is 66.1 cm³/mol. The molecule has 4 heteroatoms. The van der Waals surface area contributed by atoms with Crippen LogP contribution < -0.4 is 5.32 Å². The molecule has 0 aromatic carbocycles.